The van der Waals surface area contributed by atoms with Gasteiger partial charge in [0.1, 0.15) is 22.5 Å². The number of thiol groups is 1. The van der Waals surface area contributed by atoms with Gasteiger partial charge in [-0.3, -0.25) is 14.3 Å². The molecule has 2 heterocycles. The van der Waals surface area contributed by atoms with Crippen molar-refractivity contribution in [3.05, 3.63) is 69.8 Å². The van der Waals surface area contributed by atoms with Crippen molar-refractivity contribution < 1.29 is 0 Å². The molecule has 0 fully saturated rings. The van der Waals surface area contributed by atoms with Gasteiger partial charge in [0.2, 0.25) is 0 Å². The fraction of sp³-hybridized carbons (Fsp3) is 0.111. The molecular formula is C18H14N4OS. The Morgan fingerprint density at radius 2 is 2.00 bits per heavy atom. The van der Waals surface area contributed by atoms with E-state index in [0.29, 0.717) is 17.1 Å². The number of rotatable bonds is 2. The lowest BCUT2D eigenvalue weighted by Gasteiger charge is -2.14. The molecule has 0 N–H and O–H groups in total. The van der Waals surface area contributed by atoms with Crippen molar-refractivity contribution in [2.24, 2.45) is 0 Å². The molecule has 0 amide bonds. The monoisotopic (exact) mass is 334 g/mol. The molecule has 0 saturated heterocycles. The first-order valence-corrected chi connectivity index (χ1v) is 7.72. The van der Waals surface area contributed by atoms with Crippen molar-refractivity contribution in [3.8, 4) is 23.1 Å². The van der Waals surface area contributed by atoms with E-state index in [2.05, 4.69) is 22.6 Å². The summed E-state index contributed by atoms with van der Waals surface area (Å²) in [6, 6.07) is 11.1. The Morgan fingerprint density at radius 3 is 2.62 bits per heavy atom. The van der Waals surface area contributed by atoms with Gasteiger partial charge in [-0.1, -0.05) is 6.07 Å². The van der Waals surface area contributed by atoms with E-state index in [0.717, 1.165) is 11.1 Å². The molecule has 0 atom stereocenters. The molecule has 1 aromatic carbocycles. The lowest BCUT2D eigenvalue weighted by Crippen LogP contribution is -2.25. The van der Waals surface area contributed by atoms with E-state index < -0.39 is 5.56 Å². The molecule has 0 radical (unpaired) electrons. The fourth-order valence-corrected chi connectivity index (χ4v) is 2.64. The van der Waals surface area contributed by atoms with Gasteiger partial charge >= 0.3 is 0 Å². The van der Waals surface area contributed by atoms with Crippen LogP contribution in [0.15, 0.2) is 52.5 Å². The molecule has 0 aliphatic heterocycles. The Kier molecular flexibility index (Phi) is 4.19. The van der Waals surface area contributed by atoms with Crippen molar-refractivity contribution in [1.82, 2.24) is 14.5 Å². The van der Waals surface area contributed by atoms with Crippen molar-refractivity contribution in [2.75, 3.05) is 0 Å². The summed E-state index contributed by atoms with van der Waals surface area (Å²) < 4.78 is 1.43. The molecule has 0 aliphatic rings. The zero-order valence-corrected chi connectivity index (χ0v) is 14.1. The first-order chi connectivity index (χ1) is 11.5. The summed E-state index contributed by atoms with van der Waals surface area (Å²) >= 11 is 4.20. The highest BCUT2D eigenvalue weighted by Crippen LogP contribution is 2.22. The van der Waals surface area contributed by atoms with E-state index in [9.17, 15) is 10.1 Å². The highest BCUT2D eigenvalue weighted by Gasteiger charge is 2.17. The molecule has 24 heavy (non-hydrogen) atoms. The van der Waals surface area contributed by atoms with Crippen LogP contribution in [0, 0.1) is 25.2 Å². The minimum Gasteiger partial charge on any atom is -0.267 e. The van der Waals surface area contributed by atoms with E-state index >= 15 is 0 Å². The summed E-state index contributed by atoms with van der Waals surface area (Å²) in [5.41, 5.74) is 2.97. The summed E-state index contributed by atoms with van der Waals surface area (Å²) in [6.07, 6.45) is 3.27. The second kappa shape index (κ2) is 6.30. The standard InChI is InChI=1S/C18H14N4OS/c1-11-5-6-14(8-12(11)2)22-16(13-4-3-7-20-10-13)21-17(24)15(9-19)18(22)23/h3-8,10,24H,1-2H3. The van der Waals surface area contributed by atoms with Gasteiger partial charge in [-0.05, 0) is 49.2 Å². The first-order valence-electron chi connectivity index (χ1n) is 7.27. The Morgan fingerprint density at radius 1 is 1.21 bits per heavy atom. The maximum absolute atomic E-state index is 12.8. The zero-order chi connectivity index (χ0) is 17.3. The molecule has 0 spiro atoms. The summed E-state index contributed by atoms with van der Waals surface area (Å²) in [7, 11) is 0. The van der Waals surface area contributed by atoms with Gasteiger partial charge in [0.05, 0.1) is 5.69 Å². The molecule has 5 nitrogen and oxygen atoms in total. The average molecular weight is 334 g/mol. The van der Waals surface area contributed by atoms with Crippen LogP contribution in [-0.4, -0.2) is 14.5 Å². The molecule has 6 heteroatoms. The highest BCUT2D eigenvalue weighted by atomic mass is 32.1. The van der Waals surface area contributed by atoms with Gasteiger partial charge in [0, 0.05) is 18.0 Å². The summed E-state index contributed by atoms with van der Waals surface area (Å²) in [6.45, 7) is 3.97. The van der Waals surface area contributed by atoms with E-state index in [-0.39, 0.29) is 10.6 Å². The SMILES string of the molecule is Cc1ccc(-n2c(-c3cccnc3)nc(S)c(C#N)c2=O)cc1C. The number of aryl methyl sites for hydroxylation is 2. The Hall–Kier alpha value is -2.91. The predicted octanol–water partition coefficient (Wildman–Crippen LogP) is 3.07. The number of benzene rings is 1. The average Bonchev–Trinajstić information content (AvgIpc) is 2.58. The highest BCUT2D eigenvalue weighted by molar-refractivity contribution is 7.80. The van der Waals surface area contributed by atoms with Gasteiger partial charge in [0.25, 0.3) is 5.56 Å². The van der Waals surface area contributed by atoms with E-state index in [1.54, 1.807) is 18.5 Å². The van der Waals surface area contributed by atoms with Gasteiger partial charge in [-0.25, -0.2) is 4.98 Å². The van der Waals surface area contributed by atoms with Crippen LogP contribution in [0.1, 0.15) is 16.7 Å². The second-order valence-corrected chi connectivity index (χ2v) is 5.82. The van der Waals surface area contributed by atoms with Crippen LogP contribution in [0.3, 0.4) is 0 Å². The molecule has 3 aromatic rings. The normalized spacial score (nSPS) is 10.4. The molecular weight excluding hydrogens is 320 g/mol. The van der Waals surface area contributed by atoms with Crippen molar-refractivity contribution in [3.63, 3.8) is 0 Å². The molecule has 3 rings (SSSR count). The lowest BCUT2D eigenvalue weighted by atomic mass is 10.1. The molecule has 2 aromatic heterocycles. The lowest BCUT2D eigenvalue weighted by molar-refractivity contribution is 0.891. The zero-order valence-electron chi connectivity index (χ0n) is 13.2. The number of nitrogens with zero attached hydrogens (tertiary/aromatic N) is 4. The van der Waals surface area contributed by atoms with Crippen molar-refractivity contribution in [2.45, 2.75) is 18.9 Å². The van der Waals surface area contributed by atoms with E-state index in [1.807, 2.05) is 44.2 Å². The van der Waals surface area contributed by atoms with Crippen LogP contribution in [0.25, 0.3) is 17.1 Å². The molecule has 0 aliphatic carbocycles. The quantitative estimate of drug-likeness (QED) is 0.577. The Labute approximate surface area is 144 Å². The fourth-order valence-electron chi connectivity index (χ4n) is 2.40. The van der Waals surface area contributed by atoms with Gasteiger partial charge in [-0.2, -0.15) is 5.26 Å². The van der Waals surface area contributed by atoms with Crippen LogP contribution >= 0.6 is 12.6 Å². The number of nitriles is 1. The number of pyridine rings is 1. The minimum atomic E-state index is -0.445. The van der Waals surface area contributed by atoms with Gasteiger partial charge < -0.3 is 0 Å². The molecule has 118 valence electrons. The Bertz CT molecular complexity index is 1020. The minimum absolute atomic E-state index is 0.0794. The third kappa shape index (κ3) is 2.70. The van der Waals surface area contributed by atoms with Crippen molar-refractivity contribution in [1.29, 1.82) is 5.26 Å². The summed E-state index contributed by atoms with van der Waals surface area (Å²) in [5.74, 6) is 0.403. The summed E-state index contributed by atoms with van der Waals surface area (Å²) in [4.78, 5) is 21.3. The summed E-state index contributed by atoms with van der Waals surface area (Å²) in [5, 5.41) is 9.38. The van der Waals surface area contributed by atoms with E-state index in [4.69, 9.17) is 0 Å². The molecule has 0 saturated carbocycles. The van der Waals surface area contributed by atoms with Crippen LogP contribution < -0.4 is 5.56 Å². The number of hydrogen-bond acceptors (Lipinski definition) is 5. The third-order valence-corrected chi connectivity index (χ3v) is 4.17. The van der Waals surface area contributed by atoms with Crippen molar-refractivity contribution >= 4 is 12.6 Å². The topological polar surface area (TPSA) is 71.6 Å². The molecule has 0 bridgehead atoms. The number of aromatic nitrogens is 3. The maximum atomic E-state index is 12.8. The number of hydrogen-bond donors (Lipinski definition) is 1. The van der Waals surface area contributed by atoms with Crippen LogP contribution in [0.4, 0.5) is 0 Å². The Balaban J connectivity index is 2.40. The van der Waals surface area contributed by atoms with Gasteiger partial charge in [0.15, 0.2) is 0 Å². The third-order valence-electron chi connectivity index (χ3n) is 3.84. The second-order valence-electron chi connectivity index (χ2n) is 5.40. The largest absolute Gasteiger partial charge is 0.277 e. The van der Waals surface area contributed by atoms with Crippen LogP contribution in [0.2, 0.25) is 0 Å². The maximum Gasteiger partial charge on any atom is 0.277 e. The predicted molar refractivity (Wildman–Crippen MR) is 94.5 cm³/mol. The molecule has 0 unspecified atom stereocenters. The smallest absolute Gasteiger partial charge is 0.267 e. The first kappa shape index (κ1) is 16.0. The van der Waals surface area contributed by atoms with E-state index in [1.165, 1.54) is 4.57 Å². The van der Waals surface area contributed by atoms with Crippen LogP contribution in [-0.2, 0) is 0 Å². The van der Waals surface area contributed by atoms with Crippen LogP contribution in [0.5, 0.6) is 0 Å². The van der Waals surface area contributed by atoms with Gasteiger partial charge in [-0.15, -0.1) is 12.6 Å².